The number of aryl methyl sites for hydroxylation is 1. The fourth-order valence-corrected chi connectivity index (χ4v) is 1.60. The van der Waals surface area contributed by atoms with E-state index in [2.05, 4.69) is 5.10 Å². The molecule has 4 N–H and O–H groups in total. The summed E-state index contributed by atoms with van der Waals surface area (Å²) in [4.78, 5) is 11.3. The Morgan fingerprint density at radius 2 is 2.22 bits per heavy atom. The van der Waals surface area contributed by atoms with Crippen molar-refractivity contribution in [3.63, 3.8) is 0 Å². The van der Waals surface area contributed by atoms with Gasteiger partial charge in [-0.05, 0) is 18.2 Å². The minimum atomic E-state index is -0.571. The lowest BCUT2D eigenvalue weighted by Crippen LogP contribution is -2.14. The number of carbonyl (C=O) groups excluding carboxylic acids is 1. The van der Waals surface area contributed by atoms with Crippen LogP contribution in [0, 0.1) is 0 Å². The van der Waals surface area contributed by atoms with Gasteiger partial charge in [-0.2, -0.15) is 5.10 Å². The van der Waals surface area contributed by atoms with Crippen molar-refractivity contribution in [2.45, 2.75) is 6.61 Å². The van der Waals surface area contributed by atoms with Crippen molar-refractivity contribution in [2.75, 3.05) is 5.73 Å². The number of rotatable bonds is 4. The molecule has 6 nitrogen and oxygen atoms in total. The predicted octanol–water partition coefficient (Wildman–Crippen LogP) is 0.680. The van der Waals surface area contributed by atoms with Crippen LogP contribution in [0.3, 0.4) is 0 Å². The Morgan fingerprint density at radius 3 is 2.83 bits per heavy atom. The van der Waals surface area contributed by atoms with E-state index in [-0.39, 0.29) is 12.2 Å². The Morgan fingerprint density at radius 1 is 1.44 bits per heavy atom. The molecule has 0 saturated heterocycles. The van der Waals surface area contributed by atoms with Crippen LogP contribution in [0.5, 0.6) is 5.75 Å². The second-order valence-electron chi connectivity index (χ2n) is 3.86. The van der Waals surface area contributed by atoms with Crippen LogP contribution < -0.4 is 16.2 Å². The molecule has 1 heterocycles. The van der Waals surface area contributed by atoms with Crippen molar-refractivity contribution in [1.82, 2.24) is 9.78 Å². The van der Waals surface area contributed by atoms with Crippen molar-refractivity contribution in [2.24, 2.45) is 12.8 Å². The van der Waals surface area contributed by atoms with Crippen LogP contribution in [0.4, 0.5) is 5.69 Å². The summed E-state index contributed by atoms with van der Waals surface area (Å²) in [6, 6.07) is 6.71. The zero-order valence-corrected chi connectivity index (χ0v) is 9.96. The van der Waals surface area contributed by atoms with Crippen LogP contribution in [-0.2, 0) is 13.7 Å². The van der Waals surface area contributed by atoms with Crippen molar-refractivity contribution in [1.29, 1.82) is 0 Å². The molecule has 0 unspecified atom stereocenters. The number of nitrogens with two attached hydrogens (primary N) is 2. The molecule has 94 valence electrons. The molecule has 6 heteroatoms. The van der Waals surface area contributed by atoms with E-state index in [0.29, 0.717) is 11.4 Å². The van der Waals surface area contributed by atoms with Gasteiger partial charge >= 0.3 is 0 Å². The number of para-hydroxylation sites is 1. The number of anilines is 1. The third-order valence-corrected chi connectivity index (χ3v) is 2.44. The van der Waals surface area contributed by atoms with E-state index in [4.69, 9.17) is 16.2 Å². The summed E-state index contributed by atoms with van der Waals surface area (Å²) in [5.74, 6) is -0.269. The molecule has 18 heavy (non-hydrogen) atoms. The van der Waals surface area contributed by atoms with Gasteiger partial charge in [0.2, 0.25) is 0 Å². The summed E-state index contributed by atoms with van der Waals surface area (Å²) in [7, 11) is 1.81. The number of hydrogen-bond donors (Lipinski definition) is 2. The monoisotopic (exact) mass is 246 g/mol. The van der Waals surface area contributed by atoms with Gasteiger partial charge in [0.15, 0.2) is 5.75 Å². The van der Waals surface area contributed by atoms with E-state index in [0.717, 1.165) is 5.69 Å². The van der Waals surface area contributed by atoms with Gasteiger partial charge in [-0.1, -0.05) is 6.07 Å². The van der Waals surface area contributed by atoms with Crippen LogP contribution >= 0.6 is 0 Å². The highest BCUT2D eigenvalue weighted by Gasteiger charge is 2.12. The van der Waals surface area contributed by atoms with Crippen molar-refractivity contribution in [3.8, 4) is 5.75 Å². The standard InChI is InChI=1S/C12H14N4O2/c1-16-6-5-8(15-16)7-18-11-9(12(14)17)3-2-4-10(11)13/h2-6H,7,13H2,1H3,(H2,14,17). The minimum absolute atomic E-state index is 0.231. The number of hydrogen-bond acceptors (Lipinski definition) is 4. The van der Waals surface area contributed by atoms with Crippen LogP contribution in [0.15, 0.2) is 30.5 Å². The van der Waals surface area contributed by atoms with E-state index < -0.39 is 5.91 Å². The Bertz CT molecular complexity index is 577. The van der Waals surface area contributed by atoms with Crippen LogP contribution in [-0.4, -0.2) is 15.7 Å². The highest BCUT2D eigenvalue weighted by Crippen LogP contribution is 2.26. The topological polar surface area (TPSA) is 96.2 Å². The zero-order valence-electron chi connectivity index (χ0n) is 9.96. The maximum absolute atomic E-state index is 11.3. The number of carbonyl (C=O) groups is 1. The number of aromatic nitrogens is 2. The smallest absolute Gasteiger partial charge is 0.252 e. The summed E-state index contributed by atoms with van der Waals surface area (Å²) in [6.07, 6.45) is 1.81. The largest absolute Gasteiger partial charge is 0.484 e. The second kappa shape index (κ2) is 4.79. The number of nitrogen functional groups attached to an aromatic ring is 1. The summed E-state index contributed by atoms with van der Waals surface area (Å²) < 4.78 is 7.20. The normalized spacial score (nSPS) is 10.3. The minimum Gasteiger partial charge on any atom is -0.484 e. The fourth-order valence-electron chi connectivity index (χ4n) is 1.60. The molecular weight excluding hydrogens is 232 g/mol. The molecular formula is C12H14N4O2. The summed E-state index contributed by atoms with van der Waals surface area (Å²) in [5.41, 5.74) is 12.4. The number of ether oxygens (including phenoxy) is 1. The van der Waals surface area contributed by atoms with Gasteiger partial charge < -0.3 is 16.2 Å². The second-order valence-corrected chi connectivity index (χ2v) is 3.86. The summed E-state index contributed by atoms with van der Waals surface area (Å²) >= 11 is 0. The third-order valence-electron chi connectivity index (χ3n) is 2.44. The Kier molecular flexibility index (Phi) is 3.18. The first kappa shape index (κ1) is 12.0. The number of amides is 1. The van der Waals surface area contributed by atoms with Gasteiger partial charge in [0.25, 0.3) is 5.91 Å². The van der Waals surface area contributed by atoms with Crippen LogP contribution in [0.25, 0.3) is 0 Å². The molecule has 1 amide bonds. The average Bonchev–Trinajstić information content (AvgIpc) is 2.73. The summed E-state index contributed by atoms with van der Waals surface area (Å²) in [6.45, 7) is 0.231. The van der Waals surface area contributed by atoms with Crippen LogP contribution in [0.1, 0.15) is 16.1 Å². The Hall–Kier alpha value is -2.50. The van der Waals surface area contributed by atoms with Gasteiger partial charge in [-0.25, -0.2) is 0 Å². The Balaban J connectivity index is 2.20. The molecule has 2 rings (SSSR count). The highest BCUT2D eigenvalue weighted by molar-refractivity contribution is 5.97. The van der Waals surface area contributed by atoms with Crippen LogP contribution in [0.2, 0.25) is 0 Å². The molecule has 0 aliphatic carbocycles. The lowest BCUT2D eigenvalue weighted by molar-refractivity contribution is 0.0996. The lowest BCUT2D eigenvalue weighted by Gasteiger charge is -2.10. The fraction of sp³-hybridized carbons (Fsp3) is 0.167. The Labute approximate surface area is 104 Å². The van der Waals surface area contributed by atoms with Crippen molar-refractivity contribution >= 4 is 11.6 Å². The quantitative estimate of drug-likeness (QED) is 0.775. The number of primary amides is 1. The molecule has 0 spiro atoms. The molecule has 0 bridgehead atoms. The summed E-state index contributed by atoms with van der Waals surface area (Å²) in [5, 5.41) is 4.16. The zero-order chi connectivity index (χ0) is 13.1. The number of nitrogens with zero attached hydrogens (tertiary/aromatic N) is 2. The van der Waals surface area contributed by atoms with Crippen molar-refractivity contribution in [3.05, 3.63) is 41.7 Å². The average molecular weight is 246 g/mol. The SMILES string of the molecule is Cn1ccc(COc2c(N)cccc2C(N)=O)n1. The van der Waals surface area contributed by atoms with Gasteiger partial charge in [0.05, 0.1) is 16.9 Å². The molecule has 0 aliphatic rings. The van der Waals surface area contributed by atoms with E-state index in [1.165, 1.54) is 0 Å². The lowest BCUT2D eigenvalue weighted by atomic mass is 10.1. The predicted molar refractivity (Wildman–Crippen MR) is 66.9 cm³/mol. The molecule has 0 aliphatic heterocycles. The van der Waals surface area contributed by atoms with Gasteiger partial charge in [0.1, 0.15) is 6.61 Å². The van der Waals surface area contributed by atoms with Gasteiger partial charge in [-0.15, -0.1) is 0 Å². The molecule has 1 aromatic heterocycles. The molecule has 2 aromatic rings. The molecule has 0 atom stereocenters. The molecule has 0 fully saturated rings. The van der Waals surface area contributed by atoms with E-state index >= 15 is 0 Å². The first-order valence-corrected chi connectivity index (χ1v) is 5.37. The number of benzene rings is 1. The molecule has 0 radical (unpaired) electrons. The van der Waals surface area contributed by atoms with Gasteiger partial charge in [0, 0.05) is 13.2 Å². The first-order valence-electron chi connectivity index (χ1n) is 5.37. The van der Waals surface area contributed by atoms with Crippen molar-refractivity contribution < 1.29 is 9.53 Å². The molecule has 1 aromatic carbocycles. The van der Waals surface area contributed by atoms with E-state index in [1.54, 1.807) is 22.9 Å². The highest BCUT2D eigenvalue weighted by atomic mass is 16.5. The third kappa shape index (κ3) is 2.42. The maximum atomic E-state index is 11.3. The first-order chi connectivity index (χ1) is 8.58. The van der Waals surface area contributed by atoms with E-state index in [1.807, 2.05) is 19.3 Å². The van der Waals surface area contributed by atoms with E-state index in [9.17, 15) is 4.79 Å². The maximum Gasteiger partial charge on any atom is 0.252 e. The van der Waals surface area contributed by atoms with Gasteiger partial charge in [-0.3, -0.25) is 9.48 Å². The molecule has 0 saturated carbocycles.